The van der Waals surface area contributed by atoms with E-state index in [0.717, 1.165) is 41.0 Å². The molecule has 204 valence electrons. The molecule has 6 nitrogen and oxygen atoms in total. The monoisotopic (exact) mass is 553 g/mol. The van der Waals surface area contributed by atoms with Gasteiger partial charge in [0.25, 0.3) is 5.91 Å². The molecule has 3 aliphatic rings. The van der Waals surface area contributed by atoms with Gasteiger partial charge in [-0.1, -0.05) is 70.0 Å². The van der Waals surface area contributed by atoms with Gasteiger partial charge in [-0.15, -0.1) is 11.3 Å². The van der Waals surface area contributed by atoms with Crippen LogP contribution in [0.15, 0.2) is 34.8 Å². The molecular weight excluding hydrogens is 514 g/mol. The maximum Gasteiger partial charge on any atom is 0.276 e. The number of pyridine rings is 1. The van der Waals surface area contributed by atoms with E-state index < -0.39 is 0 Å². The van der Waals surface area contributed by atoms with Gasteiger partial charge in [0.15, 0.2) is 5.69 Å². The minimum absolute atomic E-state index is 0.133. The summed E-state index contributed by atoms with van der Waals surface area (Å²) in [6.45, 7) is 8.62. The van der Waals surface area contributed by atoms with Crippen molar-refractivity contribution in [3.8, 4) is 11.4 Å². The maximum absolute atomic E-state index is 13.2. The number of halogens is 1. The third kappa shape index (κ3) is 6.09. The number of hydrogen-bond donors (Lipinski definition) is 1. The summed E-state index contributed by atoms with van der Waals surface area (Å²) in [4.78, 5) is 19.4. The Kier molecular flexibility index (Phi) is 8.74. The molecule has 0 aromatic carbocycles. The van der Waals surface area contributed by atoms with Gasteiger partial charge in [-0.05, 0) is 55.2 Å². The number of nitrogens with zero attached hydrogens (tertiary/aromatic N) is 4. The molecule has 1 amide bonds. The first kappa shape index (κ1) is 27.2. The first-order valence-corrected chi connectivity index (χ1v) is 15.6. The molecule has 38 heavy (non-hydrogen) atoms. The van der Waals surface area contributed by atoms with Gasteiger partial charge in [-0.2, -0.15) is 5.10 Å². The number of amides is 1. The SMILES string of the molecule is C/C=C1/CN(C(=O)c2nn3c(-c4cscn4)cc(C4CC4)cc3c2Cl)CCN1.CC(C)C1CCCCCC1. The topological polar surface area (TPSA) is 62.5 Å². The summed E-state index contributed by atoms with van der Waals surface area (Å²) in [5, 5.41) is 10.4. The molecule has 1 aliphatic heterocycles. The molecule has 0 bridgehead atoms. The molecule has 1 N–H and O–H groups in total. The van der Waals surface area contributed by atoms with Crippen LogP contribution in [0, 0.1) is 11.8 Å². The predicted octanol–water partition coefficient (Wildman–Crippen LogP) is 7.55. The number of nitrogens with one attached hydrogen (secondary N) is 1. The summed E-state index contributed by atoms with van der Waals surface area (Å²) in [6, 6.07) is 4.22. The van der Waals surface area contributed by atoms with Crippen molar-refractivity contribution in [2.24, 2.45) is 11.8 Å². The van der Waals surface area contributed by atoms with Crippen molar-refractivity contribution in [2.75, 3.05) is 19.6 Å². The van der Waals surface area contributed by atoms with Gasteiger partial charge in [0, 0.05) is 24.2 Å². The second-order valence-corrected chi connectivity index (χ2v) is 12.3. The van der Waals surface area contributed by atoms with Gasteiger partial charge in [-0.3, -0.25) is 4.79 Å². The zero-order chi connectivity index (χ0) is 26.6. The summed E-state index contributed by atoms with van der Waals surface area (Å²) >= 11 is 8.24. The predicted molar refractivity (Wildman–Crippen MR) is 157 cm³/mol. The van der Waals surface area contributed by atoms with Crippen LogP contribution in [-0.2, 0) is 0 Å². The van der Waals surface area contributed by atoms with Crippen molar-refractivity contribution < 1.29 is 4.79 Å². The summed E-state index contributed by atoms with van der Waals surface area (Å²) in [5.74, 6) is 2.41. The highest BCUT2D eigenvalue weighted by atomic mass is 35.5. The molecule has 0 atom stereocenters. The van der Waals surface area contributed by atoms with E-state index in [0.29, 0.717) is 29.7 Å². The van der Waals surface area contributed by atoms with Crippen LogP contribution in [0.3, 0.4) is 0 Å². The first-order valence-electron chi connectivity index (χ1n) is 14.2. The Bertz CT molecular complexity index is 1270. The fourth-order valence-electron chi connectivity index (χ4n) is 5.64. The van der Waals surface area contributed by atoms with Gasteiger partial charge in [0.2, 0.25) is 0 Å². The van der Waals surface area contributed by atoms with Gasteiger partial charge in [0.1, 0.15) is 0 Å². The van der Waals surface area contributed by atoms with E-state index in [4.69, 9.17) is 11.6 Å². The first-order chi connectivity index (χ1) is 18.5. The molecular formula is C30H40ClN5OS. The van der Waals surface area contributed by atoms with E-state index in [1.807, 2.05) is 23.9 Å². The highest BCUT2D eigenvalue weighted by molar-refractivity contribution is 7.07. The molecule has 0 radical (unpaired) electrons. The summed E-state index contributed by atoms with van der Waals surface area (Å²) < 4.78 is 1.77. The molecule has 3 aromatic rings. The number of carbonyl (C=O) groups excluding carboxylic acids is 1. The molecule has 6 rings (SSSR count). The van der Waals surface area contributed by atoms with E-state index in [2.05, 4.69) is 41.4 Å². The number of thiazole rings is 1. The van der Waals surface area contributed by atoms with E-state index >= 15 is 0 Å². The largest absolute Gasteiger partial charge is 0.385 e. The Hall–Kier alpha value is -2.38. The fourth-order valence-corrected chi connectivity index (χ4v) is 6.43. The van der Waals surface area contributed by atoms with Gasteiger partial charge >= 0.3 is 0 Å². The summed E-state index contributed by atoms with van der Waals surface area (Å²) in [6.07, 6.45) is 13.3. The summed E-state index contributed by atoms with van der Waals surface area (Å²) in [5.41, 5.74) is 6.92. The number of carbonyl (C=O) groups is 1. The zero-order valence-electron chi connectivity index (χ0n) is 22.9. The quantitative estimate of drug-likeness (QED) is 0.339. The number of hydrogen-bond acceptors (Lipinski definition) is 5. The van der Waals surface area contributed by atoms with E-state index in [-0.39, 0.29) is 5.91 Å². The zero-order valence-corrected chi connectivity index (χ0v) is 24.5. The minimum atomic E-state index is -0.133. The molecule has 0 unspecified atom stereocenters. The Balaban J connectivity index is 0.000000249. The second-order valence-electron chi connectivity index (χ2n) is 11.2. The van der Waals surface area contributed by atoms with Crippen molar-refractivity contribution in [2.45, 2.75) is 78.1 Å². The van der Waals surface area contributed by atoms with Crippen molar-refractivity contribution in [1.82, 2.24) is 24.8 Å². The molecule has 3 fully saturated rings. The highest BCUT2D eigenvalue weighted by Gasteiger charge is 2.30. The lowest BCUT2D eigenvalue weighted by Crippen LogP contribution is -2.45. The number of rotatable bonds is 4. The van der Waals surface area contributed by atoms with Crippen LogP contribution in [0.4, 0.5) is 0 Å². The van der Waals surface area contributed by atoms with Crippen LogP contribution >= 0.6 is 22.9 Å². The minimum Gasteiger partial charge on any atom is -0.385 e. The Morgan fingerprint density at radius 2 is 1.92 bits per heavy atom. The van der Waals surface area contributed by atoms with Crippen LogP contribution in [0.5, 0.6) is 0 Å². The van der Waals surface area contributed by atoms with Crippen molar-refractivity contribution in [1.29, 1.82) is 0 Å². The highest BCUT2D eigenvalue weighted by Crippen LogP contribution is 2.42. The van der Waals surface area contributed by atoms with Crippen molar-refractivity contribution >= 4 is 34.4 Å². The number of aromatic nitrogens is 3. The maximum atomic E-state index is 13.2. The average molecular weight is 554 g/mol. The van der Waals surface area contributed by atoms with Crippen molar-refractivity contribution in [3.63, 3.8) is 0 Å². The second kappa shape index (κ2) is 12.2. The van der Waals surface area contributed by atoms with Gasteiger partial charge in [-0.25, -0.2) is 9.50 Å². The van der Waals surface area contributed by atoms with E-state index in [1.54, 1.807) is 20.8 Å². The normalized spacial score (nSPS) is 19.8. The number of fused-ring (bicyclic) bond motifs is 1. The van der Waals surface area contributed by atoms with Gasteiger partial charge in [0.05, 0.1) is 34.0 Å². The lowest BCUT2D eigenvalue weighted by molar-refractivity contribution is 0.0748. The molecule has 1 saturated heterocycles. The number of piperazine rings is 1. The molecule has 4 heterocycles. The average Bonchev–Trinajstić information content (AvgIpc) is 3.63. The lowest BCUT2D eigenvalue weighted by Gasteiger charge is -2.29. The molecule has 0 spiro atoms. The standard InChI is InChI=1S/C20H20ClN5OS.C10H20/c1-2-14-9-25(6-5-22-14)20(27)19-18(21)17-8-13(12-3-4-12)7-16(26(17)24-19)15-10-28-11-23-15;1-9(2)10-7-5-3-4-6-8-10/h2,7-8,10-12,22H,3-6,9H2,1H3;9-10H,3-8H2,1-2H3/b14-2-;. The van der Waals surface area contributed by atoms with E-state index in [9.17, 15) is 4.79 Å². The smallest absolute Gasteiger partial charge is 0.276 e. The van der Waals surface area contributed by atoms with Crippen molar-refractivity contribution in [3.05, 3.63) is 51.1 Å². The summed E-state index contributed by atoms with van der Waals surface area (Å²) in [7, 11) is 0. The molecule has 2 aliphatic carbocycles. The van der Waals surface area contributed by atoms with Crippen LogP contribution in [0.1, 0.15) is 94.1 Å². The fraction of sp³-hybridized carbons (Fsp3) is 0.567. The van der Waals surface area contributed by atoms with Gasteiger partial charge < -0.3 is 10.2 Å². The van der Waals surface area contributed by atoms with Crippen LogP contribution in [0.25, 0.3) is 16.9 Å². The molecule has 8 heteroatoms. The lowest BCUT2D eigenvalue weighted by atomic mass is 9.89. The number of allylic oxidation sites excluding steroid dienone is 1. The molecule has 2 saturated carbocycles. The van der Waals surface area contributed by atoms with Crippen LogP contribution < -0.4 is 5.32 Å². The van der Waals surface area contributed by atoms with E-state index in [1.165, 1.54) is 56.9 Å². The third-order valence-corrected chi connectivity index (χ3v) is 9.17. The molecule has 3 aromatic heterocycles. The Morgan fingerprint density at radius 3 is 2.55 bits per heavy atom. The Morgan fingerprint density at radius 1 is 1.16 bits per heavy atom. The van der Waals surface area contributed by atoms with Crippen LogP contribution in [0.2, 0.25) is 5.02 Å². The Labute approximate surface area is 235 Å². The van der Waals surface area contributed by atoms with Crippen LogP contribution in [-0.4, -0.2) is 45.0 Å². The third-order valence-electron chi connectivity index (χ3n) is 8.22.